The lowest BCUT2D eigenvalue weighted by molar-refractivity contribution is -0.118. The maximum Gasteiger partial charge on any atom is 0.231 e. The van der Waals surface area contributed by atoms with Crippen molar-refractivity contribution in [2.24, 2.45) is 16.8 Å². The molecule has 1 spiro atoms. The number of nitrogens with zero attached hydrogens (tertiary/aromatic N) is 2. The van der Waals surface area contributed by atoms with Crippen LogP contribution >= 0.6 is 11.6 Å². The number of imidazole rings is 1. The zero-order valence-electron chi connectivity index (χ0n) is 23.3. The average molecular weight is 566 g/mol. The zero-order valence-corrected chi connectivity index (χ0v) is 24.0. The van der Waals surface area contributed by atoms with Gasteiger partial charge in [-0.2, -0.15) is 0 Å². The van der Waals surface area contributed by atoms with E-state index in [2.05, 4.69) is 18.8 Å². The van der Waals surface area contributed by atoms with E-state index < -0.39 is 29.1 Å². The van der Waals surface area contributed by atoms with Crippen molar-refractivity contribution >= 4 is 39.9 Å². The predicted octanol–water partition coefficient (Wildman–Crippen LogP) is 6.22. The third-order valence-electron chi connectivity index (χ3n) is 8.04. The SMILES string of the molecule is CC[C@H](C)[C@H](N=C(C)C1=C(O)[C@@]2(Oc3c(Cl)c(OC)cc(OC)c3C2=O)[C@H](C)CC1=O)c1nc2ccccc2[nH]1. The van der Waals surface area contributed by atoms with Crippen LogP contribution in [-0.4, -0.2) is 52.2 Å². The molecule has 2 aromatic carbocycles. The molecule has 9 nitrogen and oxygen atoms in total. The number of carbonyl (C=O) groups is 2. The molecule has 1 aromatic heterocycles. The molecule has 0 amide bonds. The van der Waals surface area contributed by atoms with Crippen LogP contribution in [0, 0.1) is 11.8 Å². The number of halogens is 1. The highest BCUT2D eigenvalue weighted by Crippen LogP contribution is 2.54. The number of aromatic amines is 1. The summed E-state index contributed by atoms with van der Waals surface area (Å²) < 4.78 is 17.0. The molecule has 2 heterocycles. The maximum absolute atomic E-state index is 14.0. The minimum absolute atomic E-state index is 0.0364. The first-order chi connectivity index (χ1) is 19.1. The zero-order chi connectivity index (χ0) is 28.9. The number of aliphatic hydroxyl groups excluding tert-OH is 1. The summed E-state index contributed by atoms with van der Waals surface area (Å²) in [4.78, 5) is 40.4. The minimum Gasteiger partial charge on any atom is -0.507 e. The summed E-state index contributed by atoms with van der Waals surface area (Å²) in [5, 5.41) is 11.8. The first kappa shape index (κ1) is 27.7. The van der Waals surface area contributed by atoms with Gasteiger partial charge in [0.05, 0.1) is 30.8 Å². The van der Waals surface area contributed by atoms with E-state index in [-0.39, 0.29) is 51.5 Å². The van der Waals surface area contributed by atoms with E-state index in [0.29, 0.717) is 11.5 Å². The lowest BCUT2D eigenvalue weighted by Gasteiger charge is -2.37. The molecule has 0 saturated heterocycles. The molecular formula is C30H32ClN3O6. The second-order valence-electron chi connectivity index (χ2n) is 10.4. The number of para-hydroxylation sites is 2. The van der Waals surface area contributed by atoms with Gasteiger partial charge in [0.15, 0.2) is 17.3 Å². The number of hydrogen-bond acceptors (Lipinski definition) is 8. The van der Waals surface area contributed by atoms with Gasteiger partial charge in [0.2, 0.25) is 11.4 Å². The molecular weight excluding hydrogens is 534 g/mol. The van der Waals surface area contributed by atoms with Gasteiger partial charge in [0, 0.05) is 24.1 Å². The van der Waals surface area contributed by atoms with Gasteiger partial charge in [-0.15, -0.1) is 0 Å². The van der Waals surface area contributed by atoms with Crippen molar-refractivity contribution in [3.05, 3.63) is 58.1 Å². The van der Waals surface area contributed by atoms with E-state index >= 15 is 0 Å². The summed E-state index contributed by atoms with van der Waals surface area (Å²) in [7, 11) is 2.85. The van der Waals surface area contributed by atoms with Crippen molar-refractivity contribution < 1.29 is 28.9 Å². The number of hydrogen-bond donors (Lipinski definition) is 2. The van der Waals surface area contributed by atoms with Crippen LogP contribution < -0.4 is 14.2 Å². The smallest absolute Gasteiger partial charge is 0.231 e. The molecule has 1 aliphatic carbocycles. The molecule has 2 aliphatic rings. The lowest BCUT2D eigenvalue weighted by Crippen LogP contribution is -2.53. The number of Topliss-reactive ketones (excluding diaryl/α,β-unsaturated/α-hetero) is 2. The average Bonchev–Trinajstić information content (AvgIpc) is 3.51. The Hall–Kier alpha value is -3.85. The maximum atomic E-state index is 14.0. The Bertz CT molecular complexity index is 1560. The van der Waals surface area contributed by atoms with Crippen molar-refractivity contribution in [1.82, 2.24) is 9.97 Å². The lowest BCUT2D eigenvalue weighted by atomic mass is 9.72. The van der Waals surface area contributed by atoms with Gasteiger partial charge < -0.3 is 24.3 Å². The fourth-order valence-corrected chi connectivity index (χ4v) is 5.86. The quantitative estimate of drug-likeness (QED) is 0.326. The third-order valence-corrected chi connectivity index (χ3v) is 8.39. The highest BCUT2D eigenvalue weighted by molar-refractivity contribution is 6.35. The molecule has 0 unspecified atom stereocenters. The predicted molar refractivity (Wildman–Crippen MR) is 152 cm³/mol. The molecule has 40 heavy (non-hydrogen) atoms. The number of allylic oxidation sites excluding steroid dienone is 1. The molecule has 3 aromatic rings. The Kier molecular flexibility index (Phi) is 7.12. The highest BCUT2D eigenvalue weighted by atomic mass is 35.5. The van der Waals surface area contributed by atoms with Gasteiger partial charge in [-0.25, -0.2) is 4.98 Å². The number of ketones is 2. The number of methoxy groups -OCH3 is 2. The summed E-state index contributed by atoms with van der Waals surface area (Å²) in [5.74, 6) is -0.820. The summed E-state index contributed by atoms with van der Waals surface area (Å²) in [6.07, 6.45) is 0.761. The van der Waals surface area contributed by atoms with Gasteiger partial charge in [-0.1, -0.05) is 50.9 Å². The Balaban J connectivity index is 1.65. The number of aliphatic imine (C=N–C) groups is 1. The van der Waals surface area contributed by atoms with Crippen LogP contribution in [0.25, 0.3) is 11.0 Å². The van der Waals surface area contributed by atoms with E-state index in [1.807, 2.05) is 24.3 Å². The van der Waals surface area contributed by atoms with Crippen molar-refractivity contribution in [1.29, 1.82) is 0 Å². The third kappa shape index (κ3) is 4.06. The van der Waals surface area contributed by atoms with Crippen LogP contribution in [0.1, 0.15) is 62.8 Å². The van der Waals surface area contributed by atoms with Crippen LogP contribution in [0.15, 0.2) is 46.7 Å². The minimum atomic E-state index is -1.86. The van der Waals surface area contributed by atoms with E-state index in [9.17, 15) is 14.7 Å². The second-order valence-corrected chi connectivity index (χ2v) is 10.8. The van der Waals surface area contributed by atoms with E-state index in [0.717, 1.165) is 17.5 Å². The van der Waals surface area contributed by atoms with Gasteiger partial charge in [-0.05, 0) is 25.0 Å². The van der Waals surface area contributed by atoms with Crippen molar-refractivity contribution in [2.45, 2.75) is 52.2 Å². The van der Waals surface area contributed by atoms with E-state index in [4.69, 9.17) is 35.8 Å². The number of carbonyl (C=O) groups excluding carboxylic acids is 2. The summed E-state index contributed by atoms with van der Waals surface area (Å²) in [6, 6.07) is 8.77. The number of ether oxygens (including phenoxy) is 3. The first-order valence-electron chi connectivity index (χ1n) is 13.2. The number of benzene rings is 2. The Labute approximate surface area is 237 Å². The largest absolute Gasteiger partial charge is 0.507 e. The fraction of sp³-hybridized carbons (Fsp3) is 0.400. The van der Waals surface area contributed by atoms with E-state index in [1.54, 1.807) is 13.8 Å². The number of aliphatic hydroxyl groups is 1. The molecule has 0 bridgehead atoms. The molecule has 210 valence electrons. The number of rotatable bonds is 7. The number of H-pyrrole nitrogens is 1. The molecule has 0 fully saturated rings. The van der Waals surface area contributed by atoms with Crippen LogP contribution in [0.4, 0.5) is 0 Å². The molecule has 4 atom stereocenters. The normalized spacial score (nSPS) is 22.5. The van der Waals surface area contributed by atoms with Crippen molar-refractivity contribution in [2.75, 3.05) is 14.2 Å². The number of fused-ring (bicyclic) bond motifs is 2. The van der Waals surface area contributed by atoms with Gasteiger partial charge in [0.1, 0.15) is 34.0 Å². The van der Waals surface area contributed by atoms with Gasteiger partial charge in [0.25, 0.3) is 0 Å². The monoisotopic (exact) mass is 565 g/mol. The fourth-order valence-electron chi connectivity index (χ4n) is 5.60. The van der Waals surface area contributed by atoms with Gasteiger partial charge in [-0.3, -0.25) is 14.6 Å². The highest BCUT2D eigenvalue weighted by Gasteiger charge is 2.61. The molecule has 2 N–H and O–H groups in total. The van der Waals surface area contributed by atoms with E-state index in [1.165, 1.54) is 20.3 Å². The van der Waals surface area contributed by atoms with Gasteiger partial charge >= 0.3 is 0 Å². The van der Waals surface area contributed by atoms with Crippen LogP contribution in [-0.2, 0) is 4.79 Å². The van der Waals surface area contributed by atoms with Crippen molar-refractivity contribution in [3.8, 4) is 17.2 Å². The molecule has 5 rings (SSSR count). The standard InChI is InChI=1S/C30H32ClN3O6/c1-7-14(2)25(29-33-17-10-8-9-11-18(17)34-29)32-16(4)22-19(35)12-15(3)30(27(22)36)28(37)23-20(38-5)13-21(39-6)24(31)26(23)40-30/h8-11,13-15,25,36H,7,12H2,1-6H3,(H,33,34)/t14-,15+,25-,30-/m0/s1. The Morgan fingerprint density at radius 2 is 1.98 bits per heavy atom. The number of nitrogens with one attached hydrogen (secondary N) is 1. The van der Waals surface area contributed by atoms with Crippen LogP contribution in [0.3, 0.4) is 0 Å². The molecule has 0 radical (unpaired) electrons. The summed E-state index contributed by atoms with van der Waals surface area (Å²) in [6.45, 7) is 7.46. The molecule has 10 heteroatoms. The van der Waals surface area contributed by atoms with Crippen molar-refractivity contribution in [3.63, 3.8) is 0 Å². The summed E-state index contributed by atoms with van der Waals surface area (Å²) in [5.41, 5.74) is 0.178. The molecule has 0 saturated carbocycles. The molecule has 1 aliphatic heterocycles. The van der Waals surface area contributed by atoms with Crippen LogP contribution in [0.2, 0.25) is 5.02 Å². The Morgan fingerprint density at radius 1 is 1.27 bits per heavy atom. The van der Waals surface area contributed by atoms with Crippen LogP contribution in [0.5, 0.6) is 17.2 Å². The number of aromatic nitrogens is 2. The topological polar surface area (TPSA) is 123 Å². The summed E-state index contributed by atoms with van der Waals surface area (Å²) >= 11 is 6.54. The second kappa shape index (κ2) is 10.3. The first-order valence-corrected chi connectivity index (χ1v) is 13.6. The Morgan fingerprint density at radius 3 is 2.62 bits per heavy atom.